The number of carboxylic acid groups (broad SMARTS) is 1. The summed E-state index contributed by atoms with van der Waals surface area (Å²) < 4.78 is 4.76. The minimum absolute atomic E-state index is 0.0332. The number of aryl methyl sites for hydroxylation is 2. The predicted molar refractivity (Wildman–Crippen MR) is 59.5 cm³/mol. The highest BCUT2D eigenvalue weighted by Crippen LogP contribution is 2.08. The lowest BCUT2D eigenvalue weighted by Gasteiger charge is -2.15. The van der Waals surface area contributed by atoms with Crippen LogP contribution < -0.4 is 0 Å². The Labute approximate surface area is 99.2 Å². The highest BCUT2D eigenvalue weighted by atomic mass is 16.5. The fourth-order valence-electron chi connectivity index (χ4n) is 1.37. The first-order valence-electron chi connectivity index (χ1n) is 5.36. The van der Waals surface area contributed by atoms with Gasteiger partial charge in [-0.3, -0.25) is 9.59 Å². The summed E-state index contributed by atoms with van der Waals surface area (Å²) in [5, 5.41) is 12.2. The Hall–Kier alpha value is -1.85. The number of carboxylic acids is 1. The molecule has 1 N–H and O–H groups in total. The van der Waals surface area contributed by atoms with Gasteiger partial charge in [-0.05, 0) is 13.3 Å². The summed E-state index contributed by atoms with van der Waals surface area (Å²) >= 11 is 0. The number of carbonyl (C=O) groups is 2. The lowest BCUT2D eigenvalue weighted by Crippen LogP contribution is -2.29. The number of carbonyl (C=O) groups excluding carboxylic acids is 1. The first kappa shape index (κ1) is 13.2. The van der Waals surface area contributed by atoms with E-state index in [1.165, 1.54) is 11.2 Å². The van der Waals surface area contributed by atoms with Gasteiger partial charge in [0.25, 0.3) is 0 Å². The Bertz CT molecular complexity index is 400. The smallest absolute Gasteiger partial charge is 0.305 e. The van der Waals surface area contributed by atoms with Gasteiger partial charge in [-0.25, -0.2) is 0 Å². The molecule has 0 fully saturated rings. The van der Waals surface area contributed by atoms with E-state index in [9.17, 15) is 9.59 Å². The Balaban J connectivity index is 2.34. The average Bonchev–Trinajstić information content (AvgIpc) is 2.68. The maximum Gasteiger partial charge on any atom is 0.305 e. The van der Waals surface area contributed by atoms with Crippen molar-refractivity contribution in [2.24, 2.45) is 0 Å². The van der Waals surface area contributed by atoms with Crippen LogP contribution in [0.5, 0.6) is 0 Å². The third-order valence-corrected chi connectivity index (χ3v) is 2.54. The minimum atomic E-state index is -0.903. The highest BCUT2D eigenvalue weighted by Gasteiger charge is 2.12. The number of hydrogen-bond acceptors (Lipinski definition) is 4. The standard InChI is InChI=1S/C11H16N2O4/c1-8-9(7-17-12-8)3-4-10(14)13(2)6-5-11(15)16/h7H,3-6H2,1-2H3,(H,15,16). The maximum absolute atomic E-state index is 11.6. The summed E-state index contributed by atoms with van der Waals surface area (Å²) in [6.07, 6.45) is 2.39. The van der Waals surface area contributed by atoms with Crippen molar-refractivity contribution in [3.05, 3.63) is 17.5 Å². The second-order valence-corrected chi connectivity index (χ2v) is 3.88. The molecule has 17 heavy (non-hydrogen) atoms. The van der Waals surface area contributed by atoms with Gasteiger partial charge in [-0.1, -0.05) is 5.16 Å². The van der Waals surface area contributed by atoms with Gasteiger partial charge in [-0.2, -0.15) is 0 Å². The van der Waals surface area contributed by atoms with Crippen LogP contribution in [-0.2, 0) is 16.0 Å². The number of rotatable bonds is 6. The molecule has 0 radical (unpaired) electrons. The second-order valence-electron chi connectivity index (χ2n) is 3.88. The van der Waals surface area contributed by atoms with Crippen molar-refractivity contribution in [3.8, 4) is 0 Å². The van der Waals surface area contributed by atoms with Gasteiger partial charge in [0.2, 0.25) is 5.91 Å². The van der Waals surface area contributed by atoms with Gasteiger partial charge < -0.3 is 14.5 Å². The molecule has 0 atom stereocenters. The molecule has 6 nitrogen and oxygen atoms in total. The van der Waals surface area contributed by atoms with E-state index in [-0.39, 0.29) is 18.9 Å². The molecule has 0 aliphatic rings. The van der Waals surface area contributed by atoms with Crippen LogP contribution in [0.2, 0.25) is 0 Å². The Kier molecular flexibility index (Phi) is 4.68. The van der Waals surface area contributed by atoms with Crippen LogP contribution in [0.25, 0.3) is 0 Å². The summed E-state index contributed by atoms with van der Waals surface area (Å²) in [7, 11) is 1.60. The van der Waals surface area contributed by atoms with Gasteiger partial charge in [-0.15, -0.1) is 0 Å². The molecule has 0 bridgehead atoms. The fraction of sp³-hybridized carbons (Fsp3) is 0.545. The predicted octanol–water partition coefficient (Wildman–Crippen LogP) is 0.849. The van der Waals surface area contributed by atoms with Crippen LogP contribution in [0.1, 0.15) is 24.1 Å². The van der Waals surface area contributed by atoms with E-state index in [0.29, 0.717) is 12.8 Å². The fourth-order valence-corrected chi connectivity index (χ4v) is 1.37. The van der Waals surface area contributed by atoms with Gasteiger partial charge in [0.15, 0.2) is 0 Å². The molecule has 1 aromatic heterocycles. The number of nitrogens with zero attached hydrogens (tertiary/aromatic N) is 2. The van der Waals surface area contributed by atoms with E-state index in [1.54, 1.807) is 7.05 Å². The molecule has 1 amide bonds. The molecule has 0 saturated carbocycles. The molecule has 0 aliphatic heterocycles. The lowest BCUT2D eigenvalue weighted by atomic mass is 10.1. The largest absolute Gasteiger partial charge is 0.481 e. The zero-order valence-corrected chi connectivity index (χ0v) is 9.97. The molecule has 0 aromatic carbocycles. The summed E-state index contributed by atoms with van der Waals surface area (Å²) in [4.78, 5) is 23.4. The maximum atomic E-state index is 11.6. The summed E-state index contributed by atoms with van der Waals surface area (Å²) in [5.41, 5.74) is 1.69. The minimum Gasteiger partial charge on any atom is -0.481 e. The summed E-state index contributed by atoms with van der Waals surface area (Å²) in [5.74, 6) is -0.980. The molecular formula is C11H16N2O4. The zero-order valence-electron chi connectivity index (χ0n) is 9.97. The molecule has 0 spiro atoms. The molecule has 1 rings (SSSR count). The summed E-state index contributed by atoms with van der Waals surface area (Å²) in [6.45, 7) is 2.05. The number of aliphatic carboxylic acids is 1. The van der Waals surface area contributed by atoms with Gasteiger partial charge >= 0.3 is 5.97 Å². The molecular weight excluding hydrogens is 224 g/mol. The topological polar surface area (TPSA) is 83.6 Å². The average molecular weight is 240 g/mol. The first-order chi connectivity index (χ1) is 8.00. The Morgan fingerprint density at radius 3 is 2.71 bits per heavy atom. The Morgan fingerprint density at radius 2 is 2.18 bits per heavy atom. The summed E-state index contributed by atoms with van der Waals surface area (Å²) in [6, 6.07) is 0. The third kappa shape index (κ3) is 4.26. The molecule has 6 heteroatoms. The molecule has 1 aromatic rings. The number of aromatic nitrogens is 1. The van der Waals surface area contributed by atoms with Crippen molar-refractivity contribution >= 4 is 11.9 Å². The zero-order chi connectivity index (χ0) is 12.8. The van der Waals surface area contributed by atoms with Crippen LogP contribution in [0.15, 0.2) is 10.8 Å². The van der Waals surface area contributed by atoms with E-state index in [1.807, 2.05) is 6.92 Å². The van der Waals surface area contributed by atoms with Gasteiger partial charge in [0, 0.05) is 25.6 Å². The normalized spacial score (nSPS) is 10.2. The van der Waals surface area contributed by atoms with Gasteiger partial charge in [0.1, 0.15) is 6.26 Å². The van der Waals surface area contributed by atoms with E-state index in [4.69, 9.17) is 9.63 Å². The van der Waals surface area contributed by atoms with Crippen LogP contribution in [0.3, 0.4) is 0 Å². The third-order valence-electron chi connectivity index (χ3n) is 2.54. The van der Waals surface area contributed by atoms with Crippen LogP contribution >= 0.6 is 0 Å². The highest BCUT2D eigenvalue weighted by molar-refractivity contribution is 5.77. The lowest BCUT2D eigenvalue weighted by molar-refractivity contribution is -0.138. The van der Waals surface area contributed by atoms with Crippen molar-refractivity contribution < 1.29 is 19.2 Å². The number of amides is 1. The van der Waals surface area contributed by atoms with Gasteiger partial charge in [0.05, 0.1) is 12.1 Å². The van der Waals surface area contributed by atoms with Crippen molar-refractivity contribution in [3.63, 3.8) is 0 Å². The molecule has 94 valence electrons. The molecule has 0 aliphatic carbocycles. The van der Waals surface area contributed by atoms with Crippen LogP contribution in [-0.4, -0.2) is 40.6 Å². The Morgan fingerprint density at radius 1 is 1.47 bits per heavy atom. The van der Waals surface area contributed by atoms with Crippen molar-refractivity contribution in [1.82, 2.24) is 10.1 Å². The SMILES string of the molecule is Cc1nocc1CCC(=O)N(C)CCC(=O)O. The van der Waals surface area contributed by atoms with E-state index < -0.39 is 5.97 Å². The molecule has 0 saturated heterocycles. The van der Waals surface area contributed by atoms with Crippen molar-refractivity contribution in [1.29, 1.82) is 0 Å². The molecule has 0 unspecified atom stereocenters. The first-order valence-corrected chi connectivity index (χ1v) is 5.36. The number of hydrogen-bond donors (Lipinski definition) is 1. The van der Waals surface area contributed by atoms with E-state index >= 15 is 0 Å². The monoisotopic (exact) mass is 240 g/mol. The molecule has 1 heterocycles. The van der Waals surface area contributed by atoms with E-state index in [2.05, 4.69) is 5.16 Å². The van der Waals surface area contributed by atoms with Crippen LogP contribution in [0.4, 0.5) is 0 Å². The van der Waals surface area contributed by atoms with Crippen LogP contribution in [0, 0.1) is 6.92 Å². The van der Waals surface area contributed by atoms with Crippen molar-refractivity contribution in [2.45, 2.75) is 26.2 Å². The van der Waals surface area contributed by atoms with Crippen molar-refractivity contribution in [2.75, 3.05) is 13.6 Å². The van der Waals surface area contributed by atoms with E-state index in [0.717, 1.165) is 11.3 Å². The quantitative estimate of drug-likeness (QED) is 0.796. The second kappa shape index (κ2) is 6.03.